The molecule has 2 aliphatic rings. The van der Waals surface area contributed by atoms with E-state index in [-0.39, 0.29) is 18.4 Å². The van der Waals surface area contributed by atoms with Gasteiger partial charge in [0.2, 0.25) is 5.95 Å². The van der Waals surface area contributed by atoms with Gasteiger partial charge in [0.25, 0.3) is 12.4 Å². The third kappa shape index (κ3) is 4.60. The van der Waals surface area contributed by atoms with Crippen molar-refractivity contribution in [2.24, 2.45) is 0 Å². The zero-order chi connectivity index (χ0) is 25.2. The molecule has 13 heteroatoms. The van der Waals surface area contributed by atoms with E-state index in [0.29, 0.717) is 34.8 Å². The van der Waals surface area contributed by atoms with Gasteiger partial charge in [-0.25, -0.2) is 4.98 Å². The average molecular weight is 501 g/mol. The highest BCUT2D eigenvalue weighted by Crippen LogP contribution is 2.41. The Labute approximate surface area is 208 Å². The van der Waals surface area contributed by atoms with Crippen molar-refractivity contribution in [3.8, 4) is 0 Å². The predicted molar refractivity (Wildman–Crippen MR) is 128 cm³/mol. The summed E-state index contributed by atoms with van der Waals surface area (Å²) in [7, 11) is 0. The molecule has 1 aliphatic heterocycles. The van der Waals surface area contributed by atoms with Crippen LogP contribution in [-0.4, -0.2) is 65.5 Å². The molecule has 0 unspecified atom stereocenters. The molecule has 1 saturated carbocycles. The fraction of sp³-hybridized carbons (Fsp3) is 0.652. The summed E-state index contributed by atoms with van der Waals surface area (Å²) in [4.78, 5) is 29.6. The number of hydrogen-bond acceptors (Lipinski definition) is 12. The number of hydrogen-bond donors (Lipinski definition) is 3. The Hall–Kier alpha value is -3.32. The molecule has 5 rings (SSSR count). The first-order valence-corrected chi connectivity index (χ1v) is 12.5. The average Bonchev–Trinajstić information content (AvgIpc) is 3.67. The Morgan fingerprint density at radius 3 is 2.69 bits per heavy atom. The molecule has 0 bridgehead atoms. The topological polar surface area (TPSA) is 162 Å². The zero-order valence-corrected chi connectivity index (χ0v) is 20.6. The van der Waals surface area contributed by atoms with E-state index < -0.39 is 24.5 Å². The van der Waals surface area contributed by atoms with E-state index in [4.69, 9.17) is 24.0 Å². The van der Waals surface area contributed by atoms with Crippen LogP contribution in [-0.2, 0) is 14.3 Å². The molecule has 3 N–H and O–H groups in total. The summed E-state index contributed by atoms with van der Waals surface area (Å²) in [5.74, 6) is 1.60. The number of ether oxygens (including phenoxy) is 2. The number of nitrogens with one attached hydrogen (secondary N) is 2. The maximum absolute atomic E-state index is 11.3. The van der Waals surface area contributed by atoms with Crippen LogP contribution < -0.4 is 10.6 Å². The van der Waals surface area contributed by atoms with Crippen LogP contribution in [0.4, 0.5) is 11.8 Å². The Kier molecular flexibility index (Phi) is 7.01. The molecule has 194 valence electrons. The Morgan fingerprint density at radius 2 is 2.03 bits per heavy atom. The van der Waals surface area contributed by atoms with Crippen molar-refractivity contribution in [3.63, 3.8) is 0 Å². The van der Waals surface area contributed by atoms with Crippen LogP contribution in [0.2, 0.25) is 0 Å². The van der Waals surface area contributed by atoms with Gasteiger partial charge in [-0.2, -0.15) is 15.0 Å². The molecule has 3 aromatic heterocycles. The van der Waals surface area contributed by atoms with Crippen LogP contribution in [0.25, 0.3) is 11.2 Å². The summed E-state index contributed by atoms with van der Waals surface area (Å²) in [6, 6.07) is 0.522. The van der Waals surface area contributed by atoms with Crippen molar-refractivity contribution in [1.29, 1.82) is 0 Å². The summed E-state index contributed by atoms with van der Waals surface area (Å²) >= 11 is 0. The van der Waals surface area contributed by atoms with Gasteiger partial charge in [0.1, 0.15) is 6.10 Å². The van der Waals surface area contributed by atoms with Crippen LogP contribution in [0.3, 0.4) is 0 Å². The third-order valence-corrected chi connectivity index (χ3v) is 6.92. The molecule has 13 nitrogen and oxygen atoms in total. The lowest BCUT2D eigenvalue weighted by molar-refractivity contribution is -0.142. The molecule has 0 radical (unpaired) electrons. The van der Waals surface area contributed by atoms with E-state index in [1.807, 2.05) is 0 Å². The highest BCUT2D eigenvalue weighted by Gasteiger charge is 2.50. The molecule has 0 amide bonds. The largest absolute Gasteiger partial charge is 0.457 e. The summed E-state index contributed by atoms with van der Waals surface area (Å²) < 4.78 is 18.2. The predicted octanol–water partition coefficient (Wildman–Crippen LogP) is 2.65. The maximum Gasteiger partial charge on any atom is 0.293 e. The van der Waals surface area contributed by atoms with Crippen molar-refractivity contribution >= 4 is 29.4 Å². The molecular weight excluding hydrogens is 468 g/mol. The molecule has 0 spiro atoms. The Morgan fingerprint density at radius 1 is 1.25 bits per heavy atom. The van der Waals surface area contributed by atoms with E-state index in [0.717, 1.165) is 25.7 Å². The van der Waals surface area contributed by atoms with Crippen molar-refractivity contribution in [2.75, 3.05) is 10.6 Å². The normalized spacial score (nSPS) is 24.6. The van der Waals surface area contributed by atoms with Gasteiger partial charge in [-0.1, -0.05) is 31.8 Å². The summed E-state index contributed by atoms with van der Waals surface area (Å²) in [6.07, 6.45) is 3.67. The van der Waals surface area contributed by atoms with E-state index in [1.165, 1.54) is 12.8 Å². The number of aliphatic hydroxyl groups is 1. The molecule has 4 heterocycles. The Balaban J connectivity index is 1.55. The first kappa shape index (κ1) is 24.4. The highest BCUT2D eigenvalue weighted by molar-refractivity contribution is 5.84. The SMILES string of the molecule is CCC(CC)Nc1nc(NC2CCCC2)nc2c1ncn2[C@@H]1O[C@H](c2nc(C)no2)[C@@H](O)[C@H]1OC=O. The lowest BCUT2D eigenvalue weighted by atomic mass is 10.1. The zero-order valence-electron chi connectivity index (χ0n) is 20.6. The van der Waals surface area contributed by atoms with E-state index in [9.17, 15) is 9.90 Å². The van der Waals surface area contributed by atoms with Crippen LogP contribution in [0.1, 0.15) is 76.4 Å². The van der Waals surface area contributed by atoms with Gasteiger partial charge in [0, 0.05) is 12.1 Å². The fourth-order valence-corrected chi connectivity index (χ4v) is 4.92. The minimum absolute atomic E-state index is 0.0979. The minimum Gasteiger partial charge on any atom is -0.457 e. The molecule has 4 atom stereocenters. The molecule has 0 aromatic carbocycles. The number of carbonyl (C=O) groups is 1. The lowest BCUT2D eigenvalue weighted by Crippen LogP contribution is -2.32. The van der Waals surface area contributed by atoms with Gasteiger partial charge in [0.05, 0.1) is 6.33 Å². The van der Waals surface area contributed by atoms with Crippen molar-refractivity contribution in [1.82, 2.24) is 29.7 Å². The van der Waals surface area contributed by atoms with Crippen molar-refractivity contribution < 1.29 is 23.9 Å². The molecule has 2 fully saturated rings. The number of rotatable bonds is 10. The van der Waals surface area contributed by atoms with Crippen molar-refractivity contribution in [2.45, 2.75) is 95.9 Å². The standard InChI is InChI=1S/C23H32N8O5/c1-4-13(5-2)26-19-15-20(29-23(28-19)27-14-8-6-7-9-14)31(10-24-15)22-18(34-11-32)16(33)17(35-22)21-25-12(3)30-36-21/h10-11,13-14,16-18,22,33H,4-9H2,1-3H3,(H2,26,27,28,29)/t16-,17+,18-,22-/m1/s1. The monoisotopic (exact) mass is 500 g/mol. The summed E-state index contributed by atoms with van der Waals surface area (Å²) in [5, 5.41) is 21.7. The molecule has 1 saturated heterocycles. The molecule has 1 aliphatic carbocycles. The third-order valence-electron chi connectivity index (χ3n) is 6.92. The number of aliphatic hydroxyl groups excluding tert-OH is 1. The van der Waals surface area contributed by atoms with Crippen LogP contribution in [0.15, 0.2) is 10.9 Å². The number of nitrogens with zero attached hydrogens (tertiary/aromatic N) is 6. The lowest BCUT2D eigenvalue weighted by Gasteiger charge is -2.21. The van der Waals surface area contributed by atoms with E-state index >= 15 is 0 Å². The second-order valence-corrected chi connectivity index (χ2v) is 9.32. The van der Waals surface area contributed by atoms with Gasteiger partial charge in [-0.3, -0.25) is 9.36 Å². The molecule has 36 heavy (non-hydrogen) atoms. The summed E-state index contributed by atoms with van der Waals surface area (Å²) in [5.41, 5.74) is 1.04. The highest BCUT2D eigenvalue weighted by atomic mass is 16.6. The van der Waals surface area contributed by atoms with Crippen molar-refractivity contribution in [3.05, 3.63) is 18.0 Å². The van der Waals surface area contributed by atoms with Crippen LogP contribution in [0.5, 0.6) is 0 Å². The first-order chi connectivity index (χ1) is 17.5. The van der Waals surface area contributed by atoms with Gasteiger partial charge in [-0.05, 0) is 32.6 Å². The number of carbonyl (C=O) groups excluding carboxylic acids is 1. The molecule has 3 aromatic rings. The van der Waals surface area contributed by atoms with Gasteiger partial charge < -0.3 is 29.7 Å². The summed E-state index contributed by atoms with van der Waals surface area (Å²) in [6.45, 7) is 6.18. The maximum atomic E-state index is 11.3. The number of aryl methyl sites for hydroxylation is 1. The van der Waals surface area contributed by atoms with Gasteiger partial charge in [0.15, 0.2) is 41.2 Å². The quantitative estimate of drug-likeness (QED) is 0.349. The Bertz CT molecular complexity index is 1190. The first-order valence-electron chi connectivity index (χ1n) is 12.5. The van der Waals surface area contributed by atoms with Crippen LogP contribution >= 0.6 is 0 Å². The number of imidazole rings is 1. The van der Waals surface area contributed by atoms with Gasteiger partial charge >= 0.3 is 0 Å². The number of anilines is 2. The van der Waals surface area contributed by atoms with Crippen LogP contribution in [0, 0.1) is 6.92 Å². The van der Waals surface area contributed by atoms with Gasteiger partial charge in [-0.15, -0.1) is 0 Å². The fourth-order valence-electron chi connectivity index (χ4n) is 4.92. The second kappa shape index (κ2) is 10.3. The van der Waals surface area contributed by atoms with E-state index in [2.05, 4.69) is 39.6 Å². The molecular formula is C23H32N8O5. The number of aromatic nitrogens is 6. The number of fused-ring (bicyclic) bond motifs is 1. The minimum atomic E-state index is -1.24. The van der Waals surface area contributed by atoms with E-state index in [1.54, 1.807) is 17.8 Å². The second-order valence-electron chi connectivity index (χ2n) is 9.32. The smallest absolute Gasteiger partial charge is 0.293 e.